The number of nitrogens with zero attached hydrogens (tertiary/aromatic N) is 1. The van der Waals surface area contributed by atoms with Crippen LogP contribution in [0.4, 0.5) is 5.69 Å². The zero-order valence-corrected chi connectivity index (χ0v) is 12.2. The van der Waals surface area contributed by atoms with Gasteiger partial charge >= 0.3 is 5.97 Å². The third-order valence-corrected chi connectivity index (χ3v) is 4.10. The highest BCUT2D eigenvalue weighted by molar-refractivity contribution is 5.71. The zero-order chi connectivity index (χ0) is 14.2. The highest BCUT2D eigenvalue weighted by atomic mass is 16.4. The Labute approximate surface area is 115 Å². The third kappa shape index (κ3) is 2.91. The first-order valence-electron chi connectivity index (χ1n) is 6.85. The van der Waals surface area contributed by atoms with Crippen LogP contribution in [0.25, 0.3) is 0 Å². The van der Waals surface area contributed by atoms with Gasteiger partial charge in [-0.25, -0.2) is 0 Å². The molecule has 0 aromatic heterocycles. The molecule has 3 nitrogen and oxygen atoms in total. The maximum Gasteiger partial charge on any atom is 0.307 e. The molecule has 0 aliphatic carbocycles. The highest BCUT2D eigenvalue weighted by Gasteiger charge is 2.40. The smallest absolute Gasteiger partial charge is 0.307 e. The van der Waals surface area contributed by atoms with Crippen LogP contribution < -0.4 is 4.90 Å². The zero-order valence-electron chi connectivity index (χ0n) is 12.2. The largest absolute Gasteiger partial charge is 0.481 e. The molecule has 1 atom stereocenters. The number of hydrogen-bond acceptors (Lipinski definition) is 2. The first kappa shape index (κ1) is 13.9. The minimum absolute atomic E-state index is 0.193. The molecule has 0 spiro atoms. The Morgan fingerprint density at radius 1 is 1.26 bits per heavy atom. The van der Waals surface area contributed by atoms with Crippen LogP contribution in [0.1, 0.15) is 31.4 Å². The lowest BCUT2D eigenvalue weighted by molar-refractivity contribution is -0.146. The maximum absolute atomic E-state index is 11.3. The van der Waals surface area contributed by atoms with Crippen LogP contribution in [0.2, 0.25) is 0 Å². The van der Waals surface area contributed by atoms with Gasteiger partial charge in [-0.1, -0.05) is 19.9 Å². The van der Waals surface area contributed by atoms with E-state index in [1.165, 1.54) is 16.8 Å². The Kier molecular flexibility index (Phi) is 3.57. The molecule has 1 aliphatic rings. The van der Waals surface area contributed by atoms with E-state index in [4.69, 9.17) is 0 Å². The molecular formula is C16H23NO2. The van der Waals surface area contributed by atoms with Gasteiger partial charge in [-0.15, -0.1) is 0 Å². The summed E-state index contributed by atoms with van der Waals surface area (Å²) in [6.45, 7) is 9.94. The second-order valence-electron chi connectivity index (χ2n) is 6.44. The predicted octanol–water partition coefficient (Wildman–Crippen LogP) is 3.24. The fourth-order valence-electron chi connectivity index (χ4n) is 3.17. The SMILES string of the molecule is Cc1cc(C)cc(N2CCC(C(=O)O)C(C)(C)C2)c1. The summed E-state index contributed by atoms with van der Waals surface area (Å²) in [6.07, 6.45) is 0.718. The fourth-order valence-corrected chi connectivity index (χ4v) is 3.17. The van der Waals surface area contributed by atoms with Crippen molar-refractivity contribution in [3.63, 3.8) is 0 Å². The molecule has 0 bridgehead atoms. The summed E-state index contributed by atoms with van der Waals surface area (Å²) in [6, 6.07) is 6.53. The van der Waals surface area contributed by atoms with E-state index in [2.05, 4.69) is 50.8 Å². The van der Waals surface area contributed by atoms with Crippen LogP contribution in [0.15, 0.2) is 18.2 Å². The van der Waals surface area contributed by atoms with Gasteiger partial charge in [0.25, 0.3) is 0 Å². The average molecular weight is 261 g/mol. The molecule has 2 rings (SSSR count). The first-order chi connectivity index (χ1) is 8.79. The molecule has 1 unspecified atom stereocenters. The quantitative estimate of drug-likeness (QED) is 0.888. The van der Waals surface area contributed by atoms with E-state index in [1.807, 2.05) is 0 Å². The Morgan fingerprint density at radius 3 is 2.32 bits per heavy atom. The summed E-state index contributed by atoms with van der Waals surface area (Å²) in [4.78, 5) is 13.6. The molecule has 0 saturated carbocycles. The highest BCUT2D eigenvalue weighted by Crippen LogP contribution is 2.37. The van der Waals surface area contributed by atoms with Gasteiger partial charge in [-0.3, -0.25) is 4.79 Å². The lowest BCUT2D eigenvalue weighted by Gasteiger charge is -2.43. The van der Waals surface area contributed by atoms with Gasteiger partial charge in [0.1, 0.15) is 0 Å². The number of piperidine rings is 1. The van der Waals surface area contributed by atoms with Crippen molar-refractivity contribution in [1.29, 1.82) is 0 Å². The van der Waals surface area contributed by atoms with Crippen molar-refractivity contribution in [2.75, 3.05) is 18.0 Å². The number of carboxylic acid groups (broad SMARTS) is 1. The predicted molar refractivity (Wildman–Crippen MR) is 77.7 cm³/mol. The van der Waals surface area contributed by atoms with Crippen LogP contribution in [-0.2, 0) is 4.79 Å². The number of rotatable bonds is 2. The van der Waals surface area contributed by atoms with Crippen LogP contribution in [-0.4, -0.2) is 24.2 Å². The second-order valence-corrected chi connectivity index (χ2v) is 6.44. The van der Waals surface area contributed by atoms with E-state index in [0.717, 1.165) is 19.5 Å². The molecule has 1 aromatic rings. The number of benzene rings is 1. The van der Waals surface area contributed by atoms with E-state index in [9.17, 15) is 9.90 Å². The summed E-state index contributed by atoms with van der Waals surface area (Å²) in [5.74, 6) is -0.903. The van der Waals surface area contributed by atoms with Gasteiger partial charge in [0, 0.05) is 18.8 Å². The topological polar surface area (TPSA) is 40.5 Å². The van der Waals surface area contributed by atoms with Gasteiger partial charge in [0.2, 0.25) is 0 Å². The Balaban J connectivity index is 2.23. The lowest BCUT2D eigenvalue weighted by atomic mass is 9.74. The standard InChI is InChI=1S/C16H23NO2/c1-11-7-12(2)9-13(8-11)17-6-5-14(15(18)19)16(3,4)10-17/h7-9,14H,5-6,10H2,1-4H3,(H,18,19). The Morgan fingerprint density at radius 2 is 1.84 bits per heavy atom. The van der Waals surface area contributed by atoms with Crippen molar-refractivity contribution in [3.05, 3.63) is 29.3 Å². The minimum Gasteiger partial charge on any atom is -0.481 e. The number of carbonyl (C=O) groups is 1. The van der Waals surface area contributed by atoms with Gasteiger partial charge < -0.3 is 10.0 Å². The number of carboxylic acids is 1. The summed E-state index contributed by atoms with van der Waals surface area (Å²) in [5, 5.41) is 9.30. The molecule has 1 aliphatic heterocycles. The van der Waals surface area contributed by atoms with Gasteiger partial charge in [-0.2, -0.15) is 0 Å². The molecular weight excluding hydrogens is 238 g/mol. The molecule has 3 heteroatoms. The summed E-state index contributed by atoms with van der Waals surface area (Å²) < 4.78 is 0. The molecule has 1 N–H and O–H groups in total. The number of hydrogen-bond donors (Lipinski definition) is 1. The molecule has 1 heterocycles. The molecule has 1 aromatic carbocycles. The van der Waals surface area contributed by atoms with E-state index < -0.39 is 5.97 Å². The molecule has 0 radical (unpaired) electrons. The molecule has 1 saturated heterocycles. The van der Waals surface area contributed by atoms with Crippen molar-refractivity contribution in [2.45, 2.75) is 34.1 Å². The third-order valence-electron chi connectivity index (χ3n) is 4.10. The lowest BCUT2D eigenvalue weighted by Crippen LogP contribution is -2.48. The summed E-state index contributed by atoms with van der Waals surface area (Å²) in [7, 11) is 0. The Bertz CT molecular complexity index is 473. The Hall–Kier alpha value is -1.51. The van der Waals surface area contributed by atoms with E-state index in [-0.39, 0.29) is 11.3 Å². The summed E-state index contributed by atoms with van der Waals surface area (Å²) in [5.41, 5.74) is 3.54. The van der Waals surface area contributed by atoms with E-state index in [0.29, 0.717) is 0 Å². The minimum atomic E-state index is -0.662. The van der Waals surface area contributed by atoms with Crippen LogP contribution in [0.3, 0.4) is 0 Å². The maximum atomic E-state index is 11.3. The van der Waals surface area contributed by atoms with Crippen LogP contribution in [0.5, 0.6) is 0 Å². The van der Waals surface area contributed by atoms with Crippen molar-refractivity contribution < 1.29 is 9.90 Å². The molecule has 1 fully saturated rings. The molecule has 0 amide bonds. The second kappa shape index (κ2) is 4.87. The molecule has 19 heavy (non-hydrogen) atoms. The monoisotopic (exact) mass is 261 g/mol. The fraction of sp³-hybridized carbons (Fsp3) is 0.562. The van der Waals surface area contributed by atoms with Crippen molar-refractivity contribution in [2.24, 2.45) is 11.3 Å². The normalized spacial score (nSPS) is 22.3. The van der Waals surface area contributed by atoms with E-state index >= 15 is 0 Å². The number of anilines is 1. The van der Waals surface area contributed by atoms with Gasteiger partial charge in [0.15, 0.2) is 0 Å². The molecule has 104 valence electrons. The van der Waals surface area contributed by atoms with Crippen LogP contribution in [0, 0.1) is 25.2 Å². The van der Waals surface area contributed by atoms with Crippen molar-refractivity contribution in [1.82, 2.24) is 0 Å². The number of aryl methyl sites for hydroxylation is 2. The van der Waals surface area contributed by atoms with E-state index in [1.54, 1.807) is 0 Å². The van der Waals surface area contributed by atoms with Crippen LogP contribution >= 0.6 is 0 Å². The van der Waals surface area contributed by atoms with Crippen molar-refractivity contribution in [3.8, 4) is 0 Å². The van der Waals surface area contributed by atoms with Gasteiger partial charge in [0.05, 0.1) is 5.92 Å². The van der Waals surface area contributed by atoms with Gasteiger partial charge in [-0.05, 0) is 48.9 Å². The number of aliphatic carboxylic acids is 1. The average Bonchev–Trinajstić information content (AvgIpc) is 2.25. The summed E-state index contributed by atoms with van der Waals surface area (Å²) >= 11 is 0. The van der Waals surface area contributed by atoms with Crippen molar-refractivity contribution >= 4 is 11.7 Å². The first-order valence-corrected chi connectivity index (χ1v) is 6.85.